The Morgan fingerprint density at radius 3 is 2.77 bits per heavy atom. The van der Waals surface area contributed by atoms with E-state index in [1.54, 1.807) is 6.07 Å². The molecule has 1 aliphatic carbocycles. The lowest BCUT2D eigenvalue weighted by Crippen LogP contribution is -2.40. The van der Waals surface area contributed by atoms with Crippen molar-refractivity contribution < 1.29 is 42.8 Å². The first-order chi connectivity index (χ1) is 20.4. The molecule has 1 N–H and O–H groups in total. The molecule has 1 aliphatic heterocycles. The van der Waals surface area contributed by atoms with Gasteiger partial charge in [-0.2, -0.15) is 18.3 Å². The minimum atomic E-state index is -4.60. The maximum absolute atomic E-state index is 14.0. The summed E-state index contributed by atoms with van der Waals surface area (Å²) in [6.45, 7) is -6.88. The van der Waals surface area contributed by atoms with Crippen LogP contribution in [0.1, 0.15) is 73.7 Å². The van der Waals surface area contributed by atoms with E-state index < -0.39 is 74.5 Å². The largest absolute Gasteiger partial charge is 0.440 e. The van der Waals surface area contributed by atoms with Crippen molar-refractivity contribution in [3.8, 4) is 0 Å². The van der Waals surface area contributed by atoms with Gasteiger partial charge in [0.15, 0.2) is 17.3 Å². The van der Waals surface area contributed by atoms with Crippen LogP contribution in [0.5, 0.6) is 0 Å². The highest BCUT2D eigenvalue weighted by Gasteiger charge is 2.47. The Bertz CT molecular complexity index is 1550. The molecule has 0 radical (unpaired) electrons. The van der Waals surface area contributed by atoms with Crippen molar-refractivity contribution in [1.29, 1.82) is 0 Å². The summed E-state index contributed by atoms with van der Waals surface area (Å²) in [4.78, 5) is 31.1. The van der Waals surface area contributed by atoms with Crippen LogP contribution in [0.25, 0.3) is 11.1 Å². The zero-order valence-corrected chi connectivity index (χ0v) is 20.5. The fourth-order valence-corrected chi connectivity index (χ4v) is 5.21. The molecule has 2 aliphatic rings. The van der Waals surface area contributed by atoms with E-state index in [1.165, 1.54) is 18.2 Å². The second-order valence-corrected chi connectivity index (χ2v) is 9.95. The normalized spacial score (nSPS) is 23.5. The minimum Gasteiger partial charge on any atom is -0.440 e. The van der Waals surface area contributed by atoms with Gasteiger partial charge in [0.05, 0.1) is 9.29 Å². The molecule has 1 saturated heterocycles. The number of hydrogen-bond acceptors (Lipinski definition) is 5. The highest BCUT2D eigenvalue weighted by atomic mass is 19.4. The molecule has 210 valence electrons. The summed E-state index contributed by atoms with van der Waals surface area (Å²) in [5.41, 5.74) is 0.657. The second kappa shape index (κ2) is 10.2. The van der Waals surface area contributed by atoms with Gasteiger partial charge in [-0.25, -0.2) is 18.6 Å². The fourth-order valence-electron chi connectivity index (χ4n) is 5.21. The topological polar surface area (TPSA) is 93.3 Å². The van der Waals surface area contributed by atoms with Crippen LogP contribution < -0.4 is 5.32 Å². The van der Waals surface area contributed by atoms with E-state index in [9.17, 15) is 31.5 Å². The van der Waals surface area contributed by atoms with Gasteiger partial charge in [-0.05, 0) is 49.4 Å². The smallest absolute Gasteiger partial charge is 0.410 e. The number of nitrogens with one attached hydrogen (secondary N) is 1. The summed E-state index contributed by atoms with van der Waals surface area (Å²) < 4.78 is 112. The number of hydrogen-bond donors (Lipinski definition) is 1. The Hall–Kier alpha value is -3.51. The standard InChI is InChI=1S/C26H28F5N5O3/c1-2-36-19(7-10-32-36)20(37)12-17(16-5-8-25(27,28)9-6-16)23-33-18-11-15(3-4-21(18)39-23)13-35-14-22(26(29,30)31)34-24(35)38/h3-4,7,10-11,16-17,22H,2,5-6,8-9,12-14H2,1H3,(H,34,38)/i1D3,2D2. The summed E-state index contributed by atoms with van der Waals surface area (Å²) in [6.07, 6.45) is -4.66. The molecule has 1 saturated carbocycles. The Balaban J connectivity index is 1.42. The van der Waals surface area contributed by atoms with Crippen molar-refractivity contribution in [2.24, 2.45) is 5.92 Å². The van der Waals surface area contributed by atoms with Crippen molar-refractivity contribution >= 4 is 22.9 Å². The zero-order chi connectivity index (χ0) is 32.2. The van der Waals surface area contributed by atoms with Gasteiger partial charge in [-0.1, -0.05) is 6.07 Å². The zero-order valence-electron chi connectivity index (χ0n) is 25.5. The molecule has 13 heteroatoms. The Morgan fingerprint density at radius 1 is 1.31 bits per heavy atom. The van der Waals surface area contributed by atoms with Crippen LogP contribution in [0.2, 0.25) is 0 Å². The highest BCUT2D eigenvalue weighted by Crippen LogP contribution is 2.44. The van der Waals surface area contributed by atoms with E-state index in [2.05, 4.69) is 10.1 Å². The first-order valence-electron chi connectivity index (χ1n) is 14.8. The number of aromatic nitrogens is 3. The number of aryl methyl sites for hydroxylation is 1. The highest BCUT2D eigenvalue weighted by molar-refractivity contribution is 5.95. The number of ketones is 1. The summed E-state index contributed by atoms with van der Waals surface area (Å²) in [6, 6.07) is 2.87. The predicted octanol–water partition coefficient (Wildman–Crippen LogP) is 5.68. The molecule has 0 spiro atoms. The SMILES string of the molecule is [2H]C([2H])([2H])C([2H])([2H])n1nccc1C(=O)CC(c1nc2cc(CN3CC(C(F)(F)F)NC3=O)ccc2o1)C1CCC(F)(F)CC1. The number of fused-ring (bicyclic) bond motifs is 1. The van der Waals surface area contributed by atoms with Gasteiger partial charge in [0, 0.05) is 48.5 Å². The van der Waals surface area contributed by atoms with Crippen LogP contribution in [-0.4, -0.2) is 56.2 Å². The number of oxazole rings is 1. The van der Waals surface area contributed by atoms with Crippen LogP contribution in [-0.2, 0) is 13.0 Å². The fraction of sp³-hybridized carbons (Fsp3) is 0.538. The average Bonchev–Trinajstić information content (AvgIpc) is 3.65. The van der Waals surface area contributed by atoms with Crippen molar-refractivity contribution in [3.05, 3.63) is 47.6 Å². The number of nitrogens with zero attached hydrogens (tertiary/aromatic N) is 4. The first kappa shape index (κ1) is 21.3. The molecule has 5 rings (SSSR count). The number of benzene rings is 1. The molecular formula is C26H28F5N5O3. The summed E-state index contributed by atoms with van der Waals surface area (Å²) in [5.74, 6) is -4.84. The van der Waals surface area contributed by atoms with Crippen LogP contribution in [0, 0.1) is 5.92 Å². The predicted molar refractivity (Wildman–Crippen MR) is 129 cm³/mol. The van der Waals surface area contributed by atoms with Crippen molar-refractivity contribution in [3.63, 3.8) is 0 Å². The van der Waals surface area contributed by atoms with Gasteiger partial charge >= 0.3 is 12.2 Å². The maximum atomic E-state index is 14.0. The maximum Gasteiger partial charge on any atom is 0.410 e. The van der Waals surface area contributed by atoms with Crippen LogP contribution >= 0.6 is 0 Å². The van der Waals surface area contributed by atoms with Crippen molar-refractivity contribution in [2.75, 3.05) is 6.54 Å². The summed E-state index contributed by atoms with van der Waals surface area (Å²) in [7, 11) is 0. The quantitative estimate of drug-likeness (QED) is 0.284. The third kappa shape index (κ3) is 5.76. The average molecular weight is 559 g/mol. The number of carbonyl (C=O) groups is 2. The Kier molecular flexibility index (Phi) is 5.60. The summed E-state index contributed by atoms with van der Waals surface area (Å²) >= 11 is 0. The van der Waals surface area contributed by atoms with Gasteiger partial charge < -0.3 is 14.6 Å². The monoisotopic (exact) mass is 558 g/mol. The molecule has 3 aromatic rings. The lowest BCUT2D eigenvalue weighted by molar-refractivity contribution is -0.149. The van der Waals surface area contributed by atoms with Crippen LogP contribution in [0.3, 0.4) is 0 Å². The van der Waals surface area contributed by atoms with Gasteiger partial charge in [0.1, 0.15) is 17.3 Å². The van der Waals surface area contributed by atoms with Gasteiger partial charge in [-0.15, -0.1) is 0 Å². The molecule has 1 aromatic carbocycles. The van der Waals surface area contributed by atoms with E-state index in [4.69, 9.17) is 11.3 Å². The third-order valence-corrected chi connectivity index (χ3v) is 7.31. The third-order valence-electron chi connectivity index (χ3n) is 7.31. The van der Waals surface area contributed by atoms with Crippen LogP contribution in [0.15, 0.2) is 34.9 Å². The van der Waals surface area contributed by atoms with Gasteiger partial charge in [-0.3, -0.25) is 9.48 Å². The van der Waals surface area contributed by atoms with Gasteiger partial charge in [0.25, 0.3) is 0 Å². The first-order valence-corrected chi connectivity index (χ1v) is 12.3. The Morgan fingerprint density at radius 2 is 2.08 bits per heavy atom. The molecule has 8 nitrogen and oxygen atoms in total. The number of amides is 2. The Labute approximate surface area is 227 Å². The summed E-state index contributed by atoms with van der Waals surface area (Å²) in [5, 5.41) is 5.62. The molecule has 2 atom stereocenters. The second-order valence-electron chi connectivity index (χ2n) is 9.95. The van der Waals surface area contributed by atoms with E-state index in [0.717, 1.165) is 11.1 Å². The van der Waals surface area contributed by atoms with E-state index >= 15 is 0 Å². The number of carbonyl (C=O) groups excluding carboxylic acids is 2. The van der Waals surface area contributed by atoms with Crippen LogP contribution in [0.4, 0.5) is 26.7 Å². The van der Waals surface area contributed by atoms with E-state index in [0.29, 0.717) is 10.2 Å². The number of halogens is 5. The lowest BCUT2D eigenvalue weighted by atomic mass is 9.76. The number of urea groups is 1. The molecule has 39 heavy (non-hydrogen) atoms. The number of alkyl halides is 5. The molecule has 0 bridgehead atoms. The molecule has 2 aromatic heterocycles. The molecule has 3 heterocycles. The molecule has 2 fully saturated rings. The minimum absolute atomic E-state index is 0.0364. The molecule has 2 unspecified atom stereocenters. The number of rotatable bonds is 8. The van der Waals surface area contributed by atoms with Crippen molar-refractivity contribution in [2.45, 2.75) is 76.1 Å². The van der Waals surface area contributed by atoms with E-state index in [-0.39, 0.29) is 48.5 Å². The van der Waals surface area contributed by atoms with E-state index in [1.807, 2.05) is 5.32 Å². The molecule has 2 amide bonds. The number of Topliss-reactive ketones (excluding diaryl/α,β-unsaturated/α-hetero) is 1. The van der Waals surface area contributed by atoms with Crippen molar-refractivity contribution in [1.82, 2.24) is 25.0 Å². The van der Waals surface area contributed by atoms with Gasteiger partial charge in [0.2, 0.25) is 5.92 Å². The lowest BCUT2D eigenvalue weighted by Gasteiger charge is -2.32. The molecular weight excluding hydrogens is 525 g/mol.